The van der Waals surface area contributed by atoms with Gasteiger partial charge < -0.3 is 10.6 Å². The lowest BCUT2D eigenvalue weighted by molar-refractivity contribution is 0.324. The highest BCUT2D eigenvalue weighted by molar-refractivity contribution is 5.21. The Kier molecular flexibility index (Phi) is 2.28. The molecule has 2 N–H and O–H groups in total. The highest BCUT2D eigenvalue weighted by Crippen LogP contribution is 2.10. The molecule has 2 rings (SSSR count). The molecule has 12 heavy (non-hydrogen) atoms. The normalized spacial score (nSPS) is 39.6. The fourth-order valence-corrected chi connectivity index (χ4v) is 1.83. The van der Waals surface area contributed by atoms with Gasteiger partial charge in [-0.1, -0.05) is 31.2 Å². The van der Waals surface area contributed by atoms with E-state index in [-0.39, 0.29) is 0 Å². The third-order valence-electron chi connectivity index (χ3n) is 2.66. The molecule has 0 radical (unpaired) electrons. The first-order chi connectivity index (χ1) is 5.90. The minimum Gasteiger partial charge on any atom is -0.307 e. The van der Waals surface area contributed by atoms with Crippen LogP contribution in [-0.4, -0.2) is 24.7 Å². The predicted molar refractivity (Wildman–Crippen MR) is 51.1 cm³/mol. The van der Waals surface area contributed by atoms with E-state index in [1.54, 1.807) is 0 Å². The van der Waals surface area contributed by atoms with E-state index in [9.17, 15) is 0 Å². The van der Waals surface area contributed by atoms with Crippen molar-refractivity contribution in [1.29, 1.82) is 0 Å². The number of allylic oxidation sites excluding steroid dienone is 2. The maximum atomic E-state index is 3.60. The molecular formula is C10H16N2. The average molecular weight is 164 g/mol. The van der Waals surface area contributed by atoms with Gasteiger partial charge in [-0.3, -0.25) is 0 Å². The lowest BCUT2D eigenvalue weighted by Gasteiger charge is -2.36. The van der Waals surface area contributed by atoms with Gasteiger partial charge in [-0.2, -0.15) is 0 Å². The van der Waals surface area contributed by atoms with Gasteiger partial charge in [-0.15, -0.1) is 0 Å². The third-order valence-corrected chi connectivity index (χ3v) is 2.66. The highest BCUT2D eigenvalue weighted by Gasteiger charge is 2.25. The maximum Gasteiger partial charge on any atom is 0.0447 e. The van der Waals surface area contributed by atoms with Crippen LogP contribution in [0.3, 0.4) is 0 Å². The molecule has 3 unspecified atom stereocenters. The maximum absolute atomic E-state index is 3.60. The zero-order valence-corrected chi connectivity index (χ0v) is 7.46. The molecule has 66 valence electrons. The zero-order valence-electron chi connectivity index (χ0n) is 7.46. The largest absolute Gasteiger partial charge is 0.307 e. The molecule has 0 bridgehead atoms. The van der Waals surface area contributed by atoms with Gasteiger partial charge in [0.05, 0.1) is 0 Å². The van der Waals surface area contributed by atoms with E-state index in [0.29, 0.717) is 18.1 Å². The van der Waals surface area contributed by atoms with Gasteiger partial charge in [0.2, 0.25) is 0 Å². The van der Waals surface area contributed by atoms with E-state index in [4.69, 9.17) is 0 Å². The fourth-order valence-electron chi connectivity index (χ4n) is 1.83. The Morgan fingerprint density at radius 2 is 2.00 bits per heavy atom. The van der Waals surface area contributed by atoms with Crippen LogP contribution < -0.4 is 10.6 Å². The zero-order chi connectivity index (χ0) is 8.39. The number of fused-ring (bicyclic) bond motifs is 1. The van der Waals surface area contributed by atoms with E-state index in [2.05, 4.69) is 41.9 Å². The minimum absolute atomic E-state index is 0.508. The van der Waals surface area contributed by atoms with Crippen molar-refractivity contribution in [2.24, 2.45) is 0 Å². The third kappa shape index (κ3) is 1.45. The Bertz CT molecular complexity index is 208. The summed E-state index contributed by atoms with van der Waals surface area (Å²) in [6.45, 7) is 3.32. The lowest BCUT2D eigenvalue weighted by Crippen LogP contribution is -2.59. The van der Waals surface area contributed by atoms with Crippen molar-refractivity contribution in [3.63, 3.8) is 0 Å². The molecule has 0 aromatic rings. The Labute approximate surface area is 73.7 Å². The van der Waals surface area contributed by atoms with Crippen molar-refractivity contribution in [3.05, 3.63) is 24.3 Å². The standard InChI is InChI=1S/C10H16N2/c1-2-8-7-11-9-5-3-4-6-10(9)12-8/h3-6,8-12H,2,7H2,1H3. The van der Waals surface area contributed by atoms with Gasteiger partial charge in [-0.05, 0) is 6.42 Å². The van der Waals surface area contributed by atoms with Crippen LogP contribution in [-0.2, 0) is 0 Å². The SMILES string of the molecule is CCC1CNC2C=CC=CC2N1. The summed E-state index contributed by atoms with van der Waals surface area (Å²) in [6.07, 6.45) is 9.90. The molecular weight excluding hydrogens is 148 g/mol. The topological polar surface area (TPSA) is 24.1 Å². The van der Waals surface area contributed by atoms with Crippen LogP contribution in [0.1, 0.15) is 13.3 Å². The van der Waals surface area contributed by atoms with E-state index < -0.39 is 0 Å². The van der Waals surface area contributed by atoms with Crippen LogP contribution in [0, 0.1) is 0 Å². The Hall–Kier alpha value is -0.600. The van der Waals surface area contributed by atoms with Crippen LogP contribution in [0.25, 0.3) is 0 Å². The van der Waals surface area contributed by atoms with Gasteiger partial charge >= 0.3 is 0 Å². The molecule has 3 atom stereocenters. The molecule has 0 saturated carbocycles. The highest BCUT2D eigenvalue weighted by atomic mass is 15.1. The van der Waals surface area contributed by atoms with Gasteiger partial charge in [0.1, 0.15) is 0 Å². The van der Waals surface area contributed by atoms with Crippen molar-refractivity contribution in [2.45, 2.75) is 31.5 Å². The van der Waals surface area contributed by atoms with Crippen molar-refractivity contribution < 1.29 is 0 Å². The van der Waals surface area contributed by atoms with Crippen molar-refractivity contribution in [3.8, 4) is 0 Å². The smallest absolute Gasteiger partial charge is 0.0447 e. The Morgan fingerprint density at radius 3 is 2.75 bits per heavy atom. The summed E-state index contributed by atoms with van der Waals surface area (Å²) >= 11 is 0. The second-order valence-electron chi connectivity index (χ2n) is 3.50. The van der Waals surface area contributed by atoms with Crippen LogP contribution in [0.15, 0.2) is 24.3 Å². The predicted octanol–water partition coefficient (Wildman–Crippen LogP) is 0.821. The number of hydrogen-bond acceptors (Lipinski definition) is 2. The lowest BCUT2D eigenvalue weighted by atomic mass is 9.98. The first-order valence-electron chi connectivity index (χ1n) is 4.74. The number of piperazine rings is 1. The van der Waals surface area contributed by atoms with Gasteiger partial charge in [0.25, 0.3) is 0 Å². The molecule has 2 heteroatoms. The van der Waals surface area contributed by atoms with Gasteiger partial charge in [-0.25, -0.2) is 0 Å². The molecule has 0 aromatic carbocycles. The molecule has 0 amide bonds. The molecule has 1 aliphatic heterocycles. The molecule has 2 aliphatic rings. The van der Waals surface area contributed by atoms with Crippen molar-refractivity contribution >= 4 is 0 Å². The summed E-state index contributed by atoms with van der Waals surface area (Å²) in [7, 11) is 0. The van der Waals surface area contributed by atoms with Crippen molar-refractivity contribution in [1.82, 2.24) is 10.6 Å². The second kappa shape index (κ2) is 3.42. The Morgan fingerprint density at radius 1 is 1.25 bits per heavy atom. The Balaban J connectivity index is 2.00. The summed E-state index contributed by atoms with van der Waals surface area (Å²) in [6, 6.07) is 1.66. The molecule has 1 saturated heterocycles. The minimum atomic E-state index is 0.508. The summed E-state index contributed by atoms with van der Waals surface area (Å²) in [5.41, 5.74) is 0. The van der Waals surface area contributed by atoms with Gasteiger partial charge in [0.15, 0.2) is 0 Å². The van der Waals surface area contributed by atoms with Crippen LogP contribution in [0.2, 0.25) is 0 Å². The van der Waals surface area contributed by atoms with E-state index in [1.807, 2.05) is 0 Å². The molecule has 1 heterocycles. The quantitative estimate of drug-likeness (QED) is 0.599. The molecule has 0 spiro atoms. The van der Waals surface area contributed by atoms with Crippen LogP contribution in [0.4, 0.5) is 0 Å². The van der Waals surface area contributed by atoms with Gasteiger partial charge in [0, 0.05) is 24.7 Å². The first kappa shape index (κ1) is 8.02. The first-order valence-corrected chi connectivity index (χ1v) is 4.74. The van der Waals surface area contributed by atoms with Crippen molar-refractivity contribution in [2.75, 3.05) is 6.54 Å². The monoisotopic (exact) mass is 164 g/mol. The number of rotatable bonds is 1. The van der Waals surface area contributed by atoms with E-state index in [1.165, 1.54) is 6.42 Å². The number of hydrogen-bond donors (Lipinski definition) is 2. The second-order valence-corrected chi connectivity index (χ2v) is 3.50. The molecule has 1 fully saturated rings. The van der Waals surface area contributed by atoms with E-state index in [0.717, 1.165) is 6.54 Å². The molecule has 1 aliphatic carbocycles. The van der Waals surface area contributed by atoms with E-state index >= 15 is 0 Å². The van der Waals surface area contributed by atoms with Crippen LogP contribution in [0.5, 0.6) is 0 Å². The van der Waals surface area contributed by atoms with Crippen LogP contribution >= 0.6 is 0 Å². The number of nitrogens with one attached hydrogen (secondary N) is 2. The molecule has 2 nitrogen and oxygen atoms in total. The molecule has 0 aromatic heterocycles. The summed E-state index contributed by atoms with van der Waals surface area (Å²) < 4.78 is 0. The fraction of sp³-hybridized carbons (Fsp3) is 0.600. The summed E-state index contributed by atoms with van der Waals surface area (Å²) in [5, 5.41) is 7.13. The average Bonchev–Trinajstić information content (AvgIpc) is 2.17. The summed E-state index contributed by atoms with van der Waals surface area (Å²) in [4.78, 5) is 0. The summed E-state index contributed by atoms with van der Waals surface area (Å²) in [5.74, 6) is 0.